The highest BCUT2D eigenvalue weighted by atomic mass is 19.4. The Kier molecular flexibility index (Phi) is 5.26. The number of benzene rings is 3. The van der Waals surface area contributed by atoms with Gasteiger partial charge in [-0.1, -0.05) is 79.6 Å². The lowest BCUT2D eigenvalue weighted by atomic mass is 9.93. The molecule has 0 aliphatic rings. The van der Waals surface area contributed by atoms with Crippen LogP contribution in [0.3, 0.4) is 0 Å². The van der Waals surface area contributed by atoms with Gasteiger partial charge in [0.15, 0.2) is 0 Å². The Balaban J connectivity index is 2.05. The molecule has 0 heterocycles. The first-order valence-electron chi connectivity index (χ1n) is 8.90. The van der Waals surface area contributed by atoms with Crippen molar-refractivity contribution in [1.29, 1.82) is 0 Å². The fraction of sp³-hybridized carbons (Fsp3) is 0.217. The number of aromatic hydroxyl groups is 1. The SMILES string of the molecule is CCCc1ccc(-c2ccc(-c3ccc(C)cc3)cc2)c(C(F)(F)F)c1O. The molecule has 0 aliphatic carbocycles. The zero-order valence-electron chi connectivity index (χ0n) is 15.3. The Morgan fingerprint density at radius 3 is 1.81 bits per heavy atom. The van der Waals surface area contributed by atoms with Crippen LogP contribution in [0.15, 0.2) is 60.7 Å². The van der Waals surface area contributed by atoms with E-state index < -0.39 is 17.5 Å². The monoisotopic (exact) mass is 370 g/mol. The van der Waals surface area contributed by atoms with E-state index >= 15 is 0 Å². The number of alkyl halides is 3. The molecule has 0 saturated carbocycles. The largest absolute Gasteiger partial charge is 0.507 e. The van der Waals surface area contributed by atoms with Crippen molar-refractivity contribution >= 4 is 0 Å². The van der Waals surface area contributed by atoms with Gasteiger partial charge >= 0.3 is 6.18 Å². The molecule has 0 amide bonds. The summed E-state index contributed by atoms with van der Waals surface area (Å²) in [4.78, 5) is 0. The van der Waals surface area contributed by atoms with Gasteiger partial charge in [0, 0.05) is 0 Å². The molecule has 0 bridgehead atoms. The van der Waals surface area contributed by atoms with Gasteiger partial charge in [-0.3, -0.25) is 0 Å². The summed E-state index contributed by atoms with van der Waals surface area (Å²) in [6.45, 7) is 3.87. The Labute approximate surface area is 157 Å². The van der Waals surface area contributed by atoms with Crippen molar-refractivity contribution in [2.45, 2.75) is 32.9 Å². The fourth-order valence-corrected chi connectivity index (χ4v) is 3.22. The predicted octanol–water partition coefficient (Wildman–Crippen LogP) is 7.01. The molecule has 0 unspecified atom stereocenters. The van der Waals surface area contributed by atoms with Crippen molar-refractivity contribution in [3.63, 3.8) is 0 Å². The second-order valence-corrected chi connectivity index (χ2v) is 6.69. The molecule has 4 heteroatoms. The number of halogens is 3. The van der Waals surface area contributed by atoms with Crippen molar-refractivity contribution in [3.05, 3.63) is 77.4 Å². The van der Waals surface area contributed by atoms with Gasteiger partial charge in [-0.05, 0) is 41.2 Å². The normalized spacial score (nSPS) is 11.6. The summed E-state index contributed by atoms with van der Waals surface area (Å²) in [5.41, 5.74) is 2.87. The summed E-state index contributed by atoms with van der Waals surface area (Å²) >= 11 is 0. The second-order valence-electron chi connectivity index (χ2n) is 6.69. The zero-order valence-corrected chi connectivity index (χ0v) is 15.3. The second kappa shape index (κ2) is 7.47. The van der Waals surface area contributed by atoms with E-state index in [-0.39, 0.29) is 5.56 Å². The van der Waals surface area contributed by atoms with Crippen LogP contribution in [0.25, 0.3) is 22.3 Å². The fourth-order valence-electron chi connectivity index (χ4n) is 3.22. The first-order valence-corrected chi connectivity index (χ1v) is 8.90. The van der Waals surface area contributed by atoms with Crippen molar-refractivity contribution < 1.29 is 18.3 Å². The van der Waals surface area contributed by atoms with Crippen LogP contribution < -0.4 is 0 Å². The average Bonchev–Trinajstić information content (AvgIpc) is 2.63. The summed E-state index contributed by atoms with van der Waals surface area (Å²) in [6.07, 6.45) is -3.56. The van der Waals surface area contributed by atoms with E-state index in [0.717, 1.165) is 16.7 Å². The van der Waals surface area contributed by atoms with Gasteiger partial charge in [-0.2, -0.15) is 13.2 Å². The number of hydrogen-bond donors (Lipinski definition) is 1. The molecule has 0 spiro atoms. The Morgan fingerprint density at radius 2 is 1.30 bits per heavy atom. The molecule has 3 aromatic rings. The number of hydrogen-bond acceptors (Lipinski definition) is 1. The maximum atomic E-state index is 13.6. The number of rotatable bonds is 4. The minimum atomic E-state index is -4.63. The van der Waals surface area contributed by atoms with E-state index in [1.54, 1.807) is 30.3 Å². The quantitative estimate of drug-likeness (QED) is 0.524. The third-order valence-electron chi connectivity index (χ3n) is 4.65. The van der Waals surface area contributed by atoms with E-state index in [9.17, 15) is 18.3 Å². The van der Waals surface area contributed by atoms with Crippen molar-refractivity contribution in [3.8, 4) is 28.0 Å². The molecular weight excluding hydrogens is 349 g/mol. The van der Waals surface area contributed by atoms with E-state index in [1.165, 1.54) is 6.07 Å². The minimum absolute atomic E-state index is 0.00434. The van der Waals surface area contributed by atoms with Gasteiger partial charge in [0.25, 0.3) is 0 Å². The summed E-state index contributed by atoms with van der Waals surface area (Å²) in [6, 6.07) is 17.9. The summed E-state index contributed by atoms with van der Waals surface area (Å²) in [5, 5.41) is 10.2. The van der Waals surface area contributed by atoms with Gasteiger partial charge in [0.05, 0.1) is 0 Å². The van der Waals surface area contributed by atoms with Crippen LogP contribution in [0.5, 0.6) is 5.75 Å². The zero-order chi connectivity index (χ0) is 19.6. The average molecular weight is 370 g/mol. The Bertz CT molecular complexity index is 924. The lowest BCUT2D eigenvalue weighted by Crippen LogP contribution is -2.09. The molecule has 0 aromatic heterocycles. The molecule has 140 valence electrons. The molecule has 0 atom stereocenters. The van der Waals surface area contributed by atoms with Crippen LogP contribution in [0.4, 0.5) is 13.2 Å². The van der Waals surface area contributed by atoms with Crippen molar-refractivity contribution in [2.24, 2.45) is 0 Å². The number of aryl methyl sites for hydroxylation is 2. The van der Waals surface area contributed by atoms with Gasteiger partial charge in [0.2, 0.25) is 0 Å². The number of phenolic OH excluding ortho intramolecular Hbond substituents is 1. The van der Waals surface area contributed by atoms with E-state index in [2.05, 4.69) is 0 Å². The van der Waals surface area contributed by atoms with Crippen LogP contribution in [-0.2, 0) is 12.6 Å². The van der Waals surface area contributed by atoms with E-state index in [0.29, 0.717) is 24.0 Å². The summed E-state index contributed by atoms with van der Waals surface area (Å²) in [7, 11) is 0. The van der Waals surface area contributed by atoms with Crippen molar-refractivity contribution in [1.82, 2.24) is 0 Å². The Morgan fingerprint density at radius 1 is 0.778 bits per heavy atom. The van der Waals surface area contributed by atoms with Gasteiger partial charge in [-0.25, -0.2) is 0 Å². The highest BCUT2D eigenvalue weighted by Crippen LogP contribution is 2.44. The minimum Gasteiger partial charge on any atom is -0.507 e. The molecule has 0 aliphatic heterocycles. The lowest BCUT2D eigenvalue weighted by molar-refractivity contribution is -0.138. The Hall–Kier alpha value is -2.75. The predicted molar refractivity (Wildman–Crippen MR) is 103 cm³/mol. The molecule has 1 nitrogen and oxygen atoms in total. The maximum Gasteiger partial charge on any atom is 0.420 e. The first-order chi connectivity index (χ1) is 12.8. The molecule has 0 saturated heterocycles. The summed E-state index contributed by atoms with van der Waals surface area (Å²) in [5.74, 6) is -0.663. The highest BCUT2D eigenvalue weighted by Gasteiger charge is 2.37. The van der Waals surface area contributed by atoms with Crippen LogP contribution in [0, 0.1) is 6.92 Å². The molecule has 3 aromatic carbocycles. The van der Waals surface area contributed by atoms with E-state index in [1.807, 2.05) is 38.1 Å². The molecule has 0 fully saturated rings. The molecule has 0 radical (unpaired) electrons. The smallest absolute Gasteiger partial charge is 0.420 e. The molecular formula is C23H21F3O. The maximum absolute atomic E-state index is 13.6. The topological polar surface area (TPSA) is 20.2 Å². The molecule has 3 rings (SSSR count). The van der Waals surface area contributed by atoms with Crippen molar-refractivity contribution in [2.75, 3.05) is 0 Å². The standard InChI is InChI=1S/C23H21F3O/c1-3-4-19-13-14-20(21(22(19)27)23(24,25)26)18-11-9-17(10-12-18)16-7-5-15(2)6-8-16/h5-14,27H,3-4H2,1-2H3. The number of phenols is 1. The lowest BCUT2D eigenvalue weighted by Gasteiger charge is -2.17. The van der Waals surface area contributed by atoms with Crippen LogP contribution in [0.2, 0.25) is 0 Å². The van der Waals surface area contributed by atoms with Crippen LogP contribution in [0.1, 0.15) is 30.0 Å². The highest BCUT2D eigenvalue weighted by molar-refractivity contribution is 5.75. The van der Waals surface area contributed by atoms with E-state index in [4.69, 9.17) is 0 Å². The third-order valence-corrected chi connectivity index (χ3v) is 4.65. The van der Waals surface area contributed by atoms with Crippen LogP contribution >= 0.6 is 0 Å². The molecule has 1 N–H and O–H groups in total. The first kappa shape index (κ1) is 19.0. The summed E-state index contributed by atoms with van der Waals surface area (Å²) < 4.78 is 40.9. The van der Waals surface area contributed by atoms with Gasteiger partial charge in [0.1, 0.15) is 11.3 Å². The van der Waals surface area contributed by atoms with Gasteiger partial charge < -0.3 is 5.11 Å². The van der Waals surface area contributed by atoms with Crippen LogP contribution in [-0.4, -0.2) is 5.11 Å². The third kappa shape index (κ3) is 4.00. The van der Waals surface area contributed by atoms with Gasteiger partial charge in [-0.15, -0.1) is 0 Å². The molecule has 27 heavy (non-hydrogen) atoms.